The van der Waals surface area contributed by atoms with Gasteiger partial charge in [-0.1, -0.05) is 52.8 Å². The van der Waals surface area contributed by atoms with Crippen molar-refractivity contribution >= 4 is 11.5 Å². The average Bonchev–Trinajstić information content (AvgIpc) is 2.51. The highest BCUT2D eigenvalue weighted by molar-refractivity contribution is 5.80. The third-order valence-corrected chi connectivity index (χ3v) is 5.01. The summed E-state index contributed by atoms with van der Waals surface area (Å²) < 4.78 is 18.6. The largest absolute Gasteiger partial charge is 0.426 e. The maximum Gasteiger partial charge on any atom is 0.317 e. The van der Waals surface area contributed by atoms with Gasteiger partial charge in [-0.2, -0.15) is 0 Å². The molecular weight excluding hydrogens is 327 g/mol. The van der Waals surface area contributed by atoms with Crippen LogP contribution < -0.4 is 4.74 Å². The van der Waals surface area contributed by atoms with E-state index in [1.807, 2.05) is 26.0 Å². The van der Waals surface area contributed by atoms with Crippen LogP contribution in [0.2, 0.25) is 0 Å². The van der Waals surface area contributed by atoms with E-state index >= 15 is 0 Å². The molecule has 1 aromatic rings. The highest BCUT2D eigenvalue weighted by atomic mass is 19.1. The topological polar surface area (TPSA) is 26.3 Å². The van der Waals surface area contributed by atoms with Gasteiger partial charge in [0.2, 0.25) is 0 Å². The Morgan fingerprint density at radius 1 is 1.08 bits per heavy atom. The predicted molar refractivity (Wildman–Crippen MR) is 108 cm³/mol. The van der Waals surface area contributed by atoms with Crippen molar-refractivity contribution in [1.29, 1.82) is 0 Å². The van der Waals surface area contributed by atoms with Gasteiger partial charge in [0.15, 0.2) is 0 Å². The molecule has 0 aromatic heterocycles. The highest BCUT2D eigenvalue weighted by Gasteiger charge is 2.46. The van der Waals surface area contributed by atoms with Crippen molar-refractivity contribution in [2.45, 2.75) is 61.8 Å². The highest BCUT2D eigenvalue weighted by Crippen LogP contribution is 2.44. The Hall–Kier alpha value is -1.90. The lowest BCUT2D eigenvalue weighted by molar-refractivity contribution is -0.153. The molecule has 0 amide bonds. The third kappa shape index (κ3) is 5.82. The summed E-state index contributed by atoms with van der Waals surface area (Å²) >= 11 is 0. The Balaban J connectivity index is 2.99. The molecule has 0 bridgehead atoms. The first-order valence-electron chi connectivity index (χ1n) is 9.20. The van der Waals surface area contributed by atoms with Crippen LogP contribution in [0.1, 0.15) is 67.4 Å². The molecule has 0 heterocycles. The minimum Gasteiger partial charge on any atom is -0.426 e. The van der Waals surface area contributed by atoms with Gasteiger partial charge in [-0.25, -0.2) is 4.39 Å². The lowest BCUT2D eigenvalue weighted by Gasteiger charge is -2.40. The second-order valence-electron chi connectivity index (χ2n) is 8.70. The van der Waals surface area contributed by atoms with Crippen LogP contribution in [0.5, 0.6) is 5.75 Å². The molecule has 26 heavy (non-hydrogen) atoms. The van der Waals surface area contributed by atoms with Crippen LogP contribution in [0.25, 0.3) is 5.57 Å². The van der Waals surface area contributed by atoms with Crippen molar-refractivity contribution in [3.63, 3.8) is 0 Å². The third-order valence-electron chi connectivity index (χ3n) is 5.01. The number of ether oxygens (including phenoxy) is 1. The van der Waals surface area contributed by atoms with Gasteiger partial charge >= 0.3 is 5.97 Å². The van der Waals surface area contributed by atoms with Crippen molar-refractivity contribution in [1.82, 2.24) is 0 Å². The van der Waals surface area contributed by atoms with Crippen molar-refractivity contribution in [2.75, 3.05) is 0 Å². The normalized spacial score (nSPS) is 15.8. The first kappa shape index (κ1) is 22.1. The summed E-state index contributed by atoms with van der Waals surface area (Å²) in [7, 11) is 0. The first-order chi connectivity index (χ1) is 11.9. The van der Waals surface area contributed by atoms with Gasteiger partial charge in [0.1, 0.15) is 5.75 Å². The molecule has 1 aromatic carbocycles. The molecule has 0 aliphatic heterocycles. The molecule has 1 rings (SSSR count). The number of esters is 1. The summed E-state index contributed by atoms with van der Waals surface area (Å²) in [6, 6.07) is 7.34. The van der Waals surface area contributed by atoms with Crippen LogP contribution in [0.3, 0.4) is 0 Å². The summed E-state index contributed by atoms with van der Waals surface area (Å²) in [5, 5.41) is 0. The van der Waals surface area contributed by atoms with Crippen LogP contribution in [0.4, 0.5) is 4.39 Å². The molecule has 1 unspecified atom stereocenters. The number of hydrogen-bond donors (Lipinski definition) is 0. The quantitative estimate of drug-likeness (QED) is 0.311. The fourth-order valence-electron chi connectivity index (χ4n) is 2.85. The van der Waals surface area contributed by atoms with Gasteiger partial charge < -0.3 is 4.74 Å². The number of allylic oxidation sites excluding steroid dienone is 4. The smallest absolute Gasteiger partial charge is 0.317 e. The van der Waals surface area contributed by atoms with Crippen LogP contribution in [0.15, 0.2) is 42.2 Å². The summed E-state index contributed by atoms with van der Waals surface area (Å²) in [5.41, 5.74) is 1.13. The maximum absolute atomic E-state index is 12.9. The van der Waals surface area contributed by atoms with Gasteiger partial charge in [0, 0.05) is 0 Å². The Morgan fingerprint density at radius 2 is 1.62 bits per heavy atom. The molecule has 0 aliphatic carbocycles. The molecule has 1 atom stereocenters. The average molecular weight is 361 g/mol. The maximum atomic E-state index is 12.9. The monoisotopic (exact) mass is 360 g/mol. The fourth-order valence-corrected chi connectivity index (χ4v) is 2.85. The molecule has 2 nitrogen and oxygen atoms in total. The number of carbonyl (C=O) groups is 1. The number of halogens is 1. The molecule has 3 heteroatoms. The van der Waals surface area contributed by atoms with E-state index in [4.69, 9.17) is 4.74 Å². The zero-order valence-electron chi connectivity index (χ0n) is 17.4. The van der Waals surface area contributed by atoms with E-state index in [0.29, 0.717) is 11.7 Å². The molecule has 0 fully saturated rings. The molecule has 0 radical (unpaired) electrons. The molecule has 0 aliphatic rings. The molecular formula is C23H33FO2. The summed E-state index contributed by atoms with van der Waals surface area (Å²) in [4.78, 5) is 12.9. The number of rotatable bonds is 6. The van der Waals surface area contributed by atoms with E-state index in [9.17, 15) is 9.18 Å². The van der Waals surface area contributed by atoms with Crippen molar-refractivity contribution < 1.29 is 13.9 Å². The van der Waals surface area contributed by atoms with E-state index in [0.717, 1.165) is 17.6 Å². The van der Waals surface area contributed by atoms with Crippen LogP contribution >= 0.6 is 0 Å². The Labute approximate surface area is 158 Å². The molecule has 0 N–H and O–H groups in total. The van der Waals surface area contributed by atoms with E-state index in [-0.39, 0.29) is 17.2 Å². The summed E-state index contributed by atoms with van der Waals surface area (Å²) in [5.74, 6) is 0.494. The SMILES string of the molecule is CC(F)=CC=C(C)c1ccc(OC(=O)C(C)(CC(C)C)C(C)(C)C)cc1. The Bertz CT molecular complexity index is 671. The second kappa shape index (κ2) is 8.66. The van der Waals surface area contributed by atoms with E-state index in [2.05, 4.69) is 34.6 Å². The number of benzene rings is 1. The van der Waals surface area contributed by atoms with Crippen molar-refractivity contribution in [3.8, 4) is 5.75 Å². The lowest BCUT2D eigenvalue weighted by atomic mass is 9.64. The minimum atomic E-state index is -0.570. The number of hydrogen-bond acceptors (Lipinski definition) is 2. The molecule has 144 valence electrons. The van der Waals surface area contributed by atoms with E-state index < -0.39 is 5.41 Å². The minimum absolute atomic E-state index is 0.199. The van der Waals surface area contributed by atoms with E-state index in [1.165, 1.54) is 13.0 Å². The zero-order valence-corrected chi connectivity index (χ0v) is 17.4. The van der Waals surface area contributed by atoms with E-state index in [1.54, 1.807) is 18.2 Å². The Morgan fingerprint density at radius 3 is 2.04 bits per heavy atom. The van der Waals surface area contributed by atoms with Crippen molar-refractivity contribution in [2.24, 2.45) is 16.7 Å². The molecule has 0 saturated carbocycles. The van der Waals surface area contributed by atoms with Gasteiger partial charge in [-0.05, 0) is 67.9 Å². The van der Waals surface area contributed by atoms with Gasteiger partial charge in [-0.3, -0.25) is 4.79 Å². The molecule has 0 saturated heterocycles. The summed E-state index contributed by atoms with van der Waals surface area (Å²) in [6.45, 7) is 15.8. The van der Waals surface area contributed by atoms with Crippen LogP contribution in [0, 0.1) is 16.7 Å². The van der Waals surface area contributed by atoms with Gasteiger partial charge in [0.25, 0.3) is 0 Å². The molecule has 0 spiro atoms. The standard InChI is InChI=1S/C23H33FO2/c1-16(2)15-23(8,22(5,6)7)21(25)26-20-13-11-19(12-14-20)17(3)9-10-18(4)24/h9-14,16H,15H2,1-8H3. The zero-order chi connectivity index (χ0) is 20.1. The summed E-state index contributed by atoms with van der Waals surface area (Å²) in [6.07, 6.45) is 3.93. The predicted octanol–water partition coefficient (Wildman–Crippen LogP) is 6.97. The van der Waals surface area contributed by atoms with Crippen LogP contribution in [-0.4, -0.2) is 5.97 Å². The first-order valence-corrected chi connectivity index (χ1v) is 9.20. The van der Waals surface area contributed by atoms with Gasteiger partial charge in [0.05, 0.1) is 11.2 Å². The second-order valence-corrected chi connectivity index (χ2v) is 8.70. The lowest BCUT2D eigenvalue weighted by Crippen LogP contribution is -2.44. The van der Waals surface area contributed by atoms with Crippen molar-refractivity contribution in [3.05, 3.63) is 47.8 Å². The van der Waals surface area contributed by atoms with Crippen LogP contribution in [-0.2, 0) is 4.79 Å². The Kier molecular flexibility index (Phi) is 7.37. The fraction of sp³-hybridized carbons (Fsp3) is 0.522. The van der Waals surface area contributed by atoms with Gasteiger partial charge in [-0.15, -0.1) is 0 Å². The number of carbonyl (C=O) groups excluding carboxylic acids is 1.